The van der Waals surface area contributed by atoms with Crippen molar-refractivity contribution in [3.05, 3.63) is 0 Å². The van der Waals surface area contributed by atoms with Gasteiger partial charge in [0.1, 0.15) is 12.1 Å². The molecule has 0 saturated carbocycles. The van der Waals surface area contributed by atoms with Crippen LogP contribution in [0.15, 0.2) is 0 Å². The minimum Gasteiger partial charge on any atom is -0.466 e. The smallest absolute Gasteiger partial charge is 0.308 e. The first kappa shape index (κ1) is 20.9. The maximum atomic E-state index is 12.3. The molecule has 0 fully saturated rings. The van der Waals surface area contributed by atoms with Crippen molar-refractivity contribution in [2.24, 2.45) is 17.6 Å². The van der Waals surface area contributed by atoms with Crippen LogP contribution in [0.4, 0.5) is 0 Å². The van der Waals surface area contributed by atoms with E-state index < -0.39 is 35.8 Å². The summed E-state index contributed by atoms with van der Waals surface area (Å²) in [4.78, 5) is 46.6. The highest BCUT2D eigenvalue weighted by molar-refractivity contribution is 5.91. The van der Waals surface area contributed by atoms with Gasteiger partial charge in [0.15, 0.2) is 0 Å². The first-order valence-electron chi connectivity index (χ1n) is 7.63. The first-order valence-corrected chi connectivity index (χ1v) is 7.63. The molecule has 3 amide bonds. The summed E-state index contributed by atoms with van der Waals surface area (Å²) in [5.74, 6) is -2.85. The van der Waals surface area contributed by atoms with Crippen LogP contribution in [0.3, 0.4) is 0 Å². The fourth-order valence-electron chi connectivity index (χ4n) is 2.00. The van der Waals surface area contributed by atoms with Gasteiger partial charge >= 0.3 is 5.97 Å². The highest BCUT2D eigenvalue weighted by Gasteiger charge is 2.29. The fraction of sp³-hybridized carbons (Fsp3) is 0.733. The summed E-state index contributed by atoms with van der Waals surface area (Å²) in [5.41, 5.74) is 5.29. The number of nitrogens with two attached hydrogens (primary N) is 1. The summed E-state index contributed by atoms with van der Waals surface area (Å²) in [7, 11) is 0. The van der Waals surface area contributed by atoms with Gasteiger partial charge in [0.25, 0.3) is 0 Å². The number of ether oxygens (including phenoxy) is 1. The molecule has 3 atom stereocenters. The van der Waals surface area contributed by atoms with E-state index in [0.29, 0.717) is 0 Å². The monoisotopic (exact) mass is 329 g/mol. The van der Waals surface area contributed by atoms with Crippen molar-refractivity contribution >= 4 is 23.7 Å². The summed E-state index contributed by atoms with van der Waals surface area (Å²) in [6, 6.07) is -1.80. The van der Waals surface area contributed by atoms with Crippen molar-refractivity contribution in [2.75, 3.05) is 6.61 Å². The Kier molecular flexibility index (Phi) is 8.90. The maximum absolute atomic E-state index is 12.3. The van der Waals surface area contributed by atoms with E-state index in [2.05, 4.69) is 10.6 Å². The number of primary amides is 1. The molecule has 0 spiro atoms. The van der Waals surface area contributed by atoms with Gasteiger partial charge in [-0.2, -0.15) is 0 Å². The summed E-state index contributed by atoms with van der Waals surface area (Å²) >= 11 is 0. The van der Waals surface area contributed by atoms with Crippen molar-refractivity contribution in [1.82, 2.24) is 10.6 Å². The number of esters is 1. The van der Waals surface area contributed by atoms with Gasteiger partial charge in [-0.05, 0) is 19.3 Å². The van der Waals surface area contributed by atoms with Gasteiger partial charge in [-0.1, -0.05) is 20.8 Å². The highest BCUT2D eigenvalue weighted by Crippen LogP contribution is 2.10. The minimum atomic E-state index is -1.02. The Labute approximate surface area is 136 Å². The Hall–Kier alpha value is -2.12. The van der Waals surface area contributed by atoms with E-state index in [1.54, 1.807) is 27.7 Å². The van der Waals surface area contributed by atoms with Crippen molar-refractivity contribution in [2.45, 2.75) is 53.1 Å². The van der Waals surface area contributed by atoms with E-state index in [9.17, 15) is 19.2 Å². The summed E-state index contributed by atoms with van der Waals surface area (Å²) < 4.78 is 4.87. The SMILES string of the molecule is CCOC(=O)[C@H](C)C[C@@H](NC(=O)[C@H](NC(C)=O)C(C)C)C(N)=O. The number of carbonyl (C=O) groups is 4. The standard InChI is InChI=1S/C15H27N3O5/c1-6-23-15(22)9(4)7-11(13(16)20)18-14(21)12(8(2)3)17-10(5)19/h8-9,11-12H,6-7H2,1-5H3,(H2,16,20)(H,17,19)(H,18,21)/t9-,11-,12-/m1/s1. The average molecular weight is 329 g/mol. The zero-order chi connectivity index (χ0) is 18.2. The van der Waals surface area contributed by atoms with Crippen LogP contribution in [0, 0.1) is 11.8 Å². The van der Waals surface area contributed by atoms with Crippen molar-refractivity contribution in [1.29, 1.82) is 0 Å². The number of nitrogens with one attached hydrogen (secondary N) is 2. The summed E-state index contributed by atoms with van der Waals surface area (Å²) in [5, 5.41) is 5.02. The van der Waals surface area contributed by atoms with Crippen LogP contribution in [-0.2, 0) is 23.9 Å². The normalized spacial score (nSPS) is 14.5. The Balaban J connectivity index is 4.91. The number of hydrogen-bond acceptors (Lipinski definition) is 5. The van der Waals surface area contributed by atoms with E-state index in [1.807, 2.05) is 0 Å². The van der Waals surface area contributed by atoms with Crippen LogP contribution in [0.25, 0.3) is 0 Å². The van der Waals surface area contributed by atoms with Crippen LogP contribution in [-0.4, -0.2) is 42.4 Å². The molecule has 0 aliphatic heterocycles. The van der Waals surface area contributed by atoms with Gasteiger partial charge < -0.3 is 21.1 Å². The zero-order valence-electron chi connectivity index (χ0n) is 14.3. The van der Waals surface area contributed by atoms with Crippen LogP contribution < -0.4 is 16.4 Å². The van der Waals surface area contributed by atoms with E-state index in [4.69, 9.17) is 10.5 Å². The maximum Gasteiger partial charge on any atom is 0.308 e. The Morgan fingerprint density at radius 2 is 1.65 bits per heavy atom. The molecule has 0 saturated heterocycles. The van der Waals surface area contributed by atoms with E-state index in [-0.39, 0.29) is 24.9 Å². The molecule has 8 heteroatoms. The third-order valence-electron chi connectivity index (χ3n) is 3.25. The van der Waals surface area contributed by atoms with E-state index in [1.165, 1.54) is 6.92 Å². The Morgan fingerprint density at radius 1 is 1.09 bits per heavy atom. The first-order chi connectivity index (χ1) is 10.6. The molecule has 0 rings (SSSR count). The molecule has 0 radical (unpaired) electrons. The molecule has 0 aliphatic carbocycles. The van der Waals surface area contributed by atoms with E-state index in [0.717, 1.165) is 0 Å². The lowest BCUT2D eigenvalue weighted by Crippen LogP contribution is -2.55. The molecule has 0 aromatic heterocycles. The molecule has 8 nitrogen and oxygen atoms in total. The second kappa shape index (κ2) is 9.81. The zero-order valence-corrected chi connectivity index (χ0v) is 14.3. The molecule has 0 unspecified atom stereocenters. The molecule has 0 aromatic carbocycles. The number of rotatable bonds is 9. The van der Waals surface area contributed by atoms with E-state index >= 15 is 0 Å². The van der Waals surface area contributed by atoms with Crippen LogP contribution in [0.1, 0.15) is 41.0 Å². The highest BCUT2D eigenvalue weighted by atomic mass is 16.5. The number of hydrogen-bond donors (Lipinski definition) is 3. The van der Waals surface area contributed by atoms with Crippen LogP contribution in [0.2, 0.25) is 0 Å². The van der Waals surface area contributed by atoms with Crippen molar-refractivity contribution in [3.8, 4) is 0 Å². The van der Waals surface area contributed by atoms with Gasteiger partial charge in [0.05, 0.1) is 12.5 Å². The Morgan fingerprint density at radius 3 is 2.04 bits per heavy atom. The van der Waals surface area contributed by atoms with Crippen LogP contribution >= 0.6 is 0 Å². The van der Waals surface area contributed by atoms with Crippen LogP contribution in [0.5, 0.6) is 0 Å². The second-order valence-corrected chi connectivity index (χ2v) is 5.77. The lowest BCUT2D eigenvalue weighted by Gasteiger charge is -2.24. The predicted molar refractivity (Wildman–Crippen MR) is 84.0 cm³/mol. The molecule has 4 N–H and O–H groups in total. The topological polar surface area (TPSA) is 128 Å². The number of amides is 3. The Bertz CT molecular complexity index is 450. The van der Waals surface area contributed by atoms with Gasteiger partial charge in [-0.25, -0.2) is 0 Å². The molecule has 0 aliphatic rings. The van der Waals surface area contributed by atoms with Gasteiger partial charge in [0.2, 0.25) is 17.7 Å². The predicted octanol–water partition coefficient (Wildman–Crippen LogP) is -0.293. The quantitative estimate of drug-likeness (QED) is 0.501. The van der Waals surface area contributed by atoms with Crippen molar-refractivity contribution < 1.29 is 23.9 Å². The lowest BCUT2D eigenvalue weighted by molar-refractivity contribution is -0.148. The van der Waals surface area contributed by atoms with Gasteiger partial charge in [-0.15, -0.1) is 0 Å². The number of carbonyl (C=O) groups excluding carboxylic acids is 4. The third-order valence-corrected chi connectivity index (χ3v) is 3.25. The molecule has 0 bridgehead atoms. The molecule has 0 heterocycles. The fourth-order valence-corrected chi connectivity index (χ4v) is 2.00. The lowest BCUT2D eigenvalue weighted by atomic mass is 9.99. The molecule has 23 heavy (non-hydrogen) atoms. The van der Waals surface area contributed by atoms with Gasteiger partial charge in [0, 0.05) is 6.92 Å². The molecular formula is C15H27N3O5. The minimum absolute atomic E-state index is 0.0325. The largest absolute Gasteiger partial charge is 0.466 e. The van der Waals surface area contributed by atoms with Crippen molar-refractivity contribution in [3.63, 3.8) is 0 Å². The van der Waals surface area contributed by atoms with Gasteiger partial charge in [-0.3, -0.25) is 19.2 Å². The summed E-state index contributed by atoms with van der Waals surface area (Å²) in [6.07, 6.45) is 0.0325. The second-order valence-electron chi connectivity index (χ2n) is 5.77. The molecular weight excluding hydrogens is 302 g/mol. The third kappa shape index (κ3) is 7.62. The molecule has 0 aromatic rings. The molecule has 132 valence electrons. The summed E-state index contributed by atoms with van der Waals surface area (Å²) in [6.45, 7) is 8.33. The average Bonchev–Trinajstić information content (AvgIpc) is 2.43.